The number of hydrogen-bond acceptors (Lipinski definition) is 3. The van der Waals surface area contributed by atoms with E-state index < -0.39 is 0 Å². The Morgan fingerprint density at radius 2 is 1.62 bits per heavy atom. The van der Waals surface area contributed by atoms with Crippen molar-refractivity contribution in [1.82, 2.24) is 0 Å². The third-order valence-electron chi connectivity index (χ3n) is 3.27. The summed E-state index contributed by atoms with van der Waals surface area (Å²) in [7, 11) is 1.72. The molecule has 0 aliphatic heterocycles. The number of aryl methyl sites for hydroxylation is 1. The maximum Gasteiger partial charge on any atom is 0.119 e. The topological polar surface area (TPSA) is 30.5 Å². The van der Waals surface area contributed by atoms with Crippen LogP contribution < -0.4 is 10.1 Å². The van der Waals surface area contributed by atoms with Crippen LogP contribution in [0, 0.1) is 6.92 Å². The van der Waals surface area contributed by atoms with E-state index in [-0.39, 0.29) is 0 Å². The van der Waals surface area contributed by atoms with E-state index in [1.807, 2.05) is 12.1 Å². The second kappa shape index (κ2) is 8.32. The predicted molar refractivity (Wildman–Crippen MR) is 87.2 cm³/mol. The largest absolute Gasteiger partial charge is 0.492 e. The molecular formula is C18H23NO2. The minimum Gasteiger partial charge on any atom is -0.492 e. The molecule has 112 valence electrons. The Kier molecular flexibility index (Phi) is 6.10. The fourth-order valence-electron chi connectivity index (χ4n) is 2.01. The zero-order valence-electron chi connectivity index (χ0n) is 12.8. The Morgan fingerprint density at radius 3 is 2.29 bits per heavy atom. The molecule has 0 saturated heterocycles. The van der Waals surface area contributed by atoms with E-state index in [0.29, 0.717) is 6.61 Å². The number of ether oxygens (including phenoxy) is 2. The maximum absolute atomic E-state index is 5.72. The van der Waals surface area contributed by atoms with Crippen LogP contribution in [0.25, 0.3) is 0 Å². The molecule has 0 heterocycles. The van der Waals surface area contributed by atoms with Gasteiger partial charge in [-0.1, -0.05) is 29.8 Å². The van der Waals surface area contributed by atoms with Gasteiger partial charge in [0, 0.05) is 19.3 Å². The predicted octanol–water partition coefficient (Wildman–Crippen LogP) is 3.67. The highest BCUT2D eigenvalue weighted by Crippen LogP contribution is 2.13. The van der Waals surface area contributed by atoms with Crippen LogP contribution in [0.1, 0.15) is 11.1 Å². The summed E-state index contributed by atoms with van der Waals surface area (Å²) in [5.41, 5.74) is 3.66. The minimum absolute atomic E-state index is 0.644. The standard InChI is InChI=1S/C18H23NO2/c1-15-3-7-17(8-4-15)19-12-14-21-18-9-5-16(6-10-18)11-13-20-2/h3-10,19H,11-14H2,1-2H3. The fourth-order valence-corrected chi connectivity index (χ4v) is 2.01. The number of methoxy groups -OCH3 is 1. The maximum atomic E-state index is 5.72. The van der Waals surface area contributed by atoms with Crippen molar-refractivity contribution >= 4 is 5.69 Å². The van der Waals surface area contributed by atoms with E-state index in [1.165, 1.54) is 11.1 Å². The summed E-state index contributed by atoms with van der Waals surface area (Å²) in [4.78, 5) is 0. The minimum atomic E-state index is 0.644. The van der Waals surface area contributed by atoms with Crippen molar-refractivity contribution in [3.05, 3.63) is 59.7 Å². The lowest BCUT2D eigenvalue weighted by Crippen LogP contribution is -2.11. The van der Waals surface area contributed by atoms with Crippen LogP contribution in [0.2, 0.25) is 0 Å². The van der Waals surface area contributed by atoms with Gasteiger partial charge in [-0.3, -0.25) is 0 Å². The highest BCUT2D eigenvalue weighted by atomic mass is 16.5. The monoisotopic (exact) mass is 285 g/mol. The molecule has 2 aromatic rings. The molecule has 0 unspecified atom stereocenters. The first-order valence-electron chi connectivity index (χ1n) is 7.29. The van der Waals surface area contributed by atoms with Gasteiger partial charge in [0.15, 0.2) is 0 Å². The van der Waals surface area contributed by atoms with Gasteiger partial charge in [0.1, 0.15) is 12.4 Å². The van der Waals surface area contributed by atoms with E-state index >= 15 is 0 Å². The average Bonchev–Trinajstić information content (AvgIpc) is 2.52. The Hall–Kier alpha value is -2.00. The molecule has 0 radical (unpaired) electrons. The summed E-state index contributed by atoms with van der Waals surface area (Å²) in [5, 5.41) is 3.34. The van der Waals surface area contributed by atoms with Crippen LogP contribution in [-0.2, 0) is 11.2 Å². The molecular weight excluding hydrogens is 262 g/mol. The second-order valence-corrected chi connectivity index (χ2v) is 5.03. The van der Waals surface area contributed by atoms with Crippen LogP contribution in [0.5, 0.6) is 5.75 Å². The van der Waals surface area contributed by atoms with E-state index in [0.717, 1.165) is 31.0 Å². The van der Waals surface area contributed by atoms with Crippen molar-refractivity contribution in [3.8, 4) is 5.75 Å². The summed E-state index contributed by atoms with van der Waals surface area (Å²) in [6.07, 6.45) is 0.936. The number of benzene rings is 2. The van der Waals surface area contributed by atoms with Crippen LogP contribution in [0.3, 0.4) is 0 Å². The van der Waals surface area contributed by atoms with Crippen molar-refractivity contribution < 1.29 is 9.47 Å². The smallest absolute Gasteiger partial charge is 0.119 e. The lowest BCUT2D eigenvalue weighted by Gasteiger charge is -2.09. The first kappa shape index (κ1) is 15.4. The van der Waals surface area contributed by atoms with Crippen molar-refractivity contribution in [2.24, 2.45) is 0 Å². The van der Waals surface area contributed by atoms with Crippen molar-refractivity contribution in [3.63, 3.8) is 0 Å². The molecule has 3 heteroatoms. The quantitative estimate of drug-likeness (QED) is 0.751. The molecule has 0 atom stereocenters. The Labute approximate surface area is 126 Å². The molecule has 21 heavy (non-hydrogen) atoms. The number of anilines is 1. The van der Waals surface area contributed by atoms with Crippen LogP contribution in [0.15, 0.2) is 48.5 Å². The number of rotatable bonds is 8. The summed E-state index contributed by atoms with van der Waals surface area (Å²) in [6, 6.07) is 16.6. The molecule has 0 fully saturated rings. The molecule has 2 rings (SSSR count). The molecule has 2 aromatic carbocycles. The second-order valence-electron chi connectivity index (χ2n) is 5.03. The fraction of sp³-hybridized carbons (Fsp3) is 0.333. The van der Waals surface area contributed by atoms with Gasteiger partial charge >= 0.3 is 0 Å². The Morgan fingerprint density at radius 1 is 0.905 bits per heavy atom. The molecule has 0 saturated carbocycles. The first-order chi connectivity index (χ1) is 10.3. The van der Waals surface area contributed by atoms with Gasteiger partial charge in [-0.25, -0.2) is 0 Å². The van der Waals surface area contributed by atoms with Crippen LogP contribution in [-0.4, -0.2) is 26.9 Å². The van der Waals surface area contributed by atoms with Gasteiger partial charge in [-0.2, -0.15) is 0 Å². The highest BCUT2D eigenvalue weighted by Gasteiger charge is 1.96. The van der Waals surface area contributed by atoms with E-state index in [2.05, 4.69) is 48.6 Å². The third-order valence-corrected chi connectivity index (χ3v) is 3.27. The number of nitrogens with one attached hydrogen (secondary N) is 1. The normalized spacial score (nSPS) is 10.4. The Balaban J connectivity index is 1.69. The zero-order chi connectivity index (χ0) is 14.9. The lowest BCUT2D eigenvalue weighted by molar-refractivity contribution is 0.202. The van der Waals surface area contributed by atoms with E-state index in [1.54, 1.807) is 7.11 Å². The molecule has 0 bridgehead atoms. The lowest BCUT2D eigenvalue weighted by atomic mass is 10.1. The van der Waals surface area contributed by atoms with E-state index in [4.69, 9.17) is 9.47 Å². The molecule has 0 spiro atoms. The van der Waals surface area contributed by atoms with Crippen molar-refractivity contribution in [1.29, 1.82) is 0 Å². The Bertz CT molecular complexity index is 520. The summed E-state index contributed by atoms with van der Waals surface area (Å²) in [6.45, 7) is 4.27. The summed E-state index contributed by atoms with van der Waals surface area (Å²) in [5.74, 6) is 0.905. The molecule has 0 amide bonds. The molecule has 3 nitrogen and oxygen atoms in total. The molecule has 0 aromatic heterocycles. The first-order valence-corrected chi connectivity index (χ1v) is 7.29. The van der Waals surface area contributed by atoms with Crippen molar-refractivity contribution in [2.45, 2.75) is 13.3 Å². The van der Waals surface area contributed by atoms with Gasteiger partial charge in [0.05, 0.1) is 6.61 Å². The average molecular weight is 285 g/mol. The molecule has 0 aliphatic rings. The van der Waals surface area contributed by atoms with Crippen molar-refractivity contribution in [2.75, 3.05) is 32.2 Å². The molecule has 1 N–H and O–H groups in total. The highest BCUT2D eigenvalue weighted by molar-refractivity contribution is 5.44. The van der Waals surface area contributed by atoms with Gasteiger partial charge in [-0.15, -0.1) is 0 Å². The zero-order valence-corrected chi connectivity index (χ0v) is 12.8. The third kappa shape index (κ3) is 5.48. The SMILES string of the molecule is COCCc1ccc(OCCNc2ccc(C)cc2)cc1. The molecule has 0 aliphatic carbocycles. The van der Waals surface area contributed by atoms with Gasteiger partial charge in [-0.05, 0) is 43.2 Å². The van der Waals surface area contributed by atoms with Crippen LogP contribution in [0.4, 0.5) is 5.69 Å². The van der Waals surface area contributed by atoms with E-state index in [9.17, 15) is 0 Å². The van der Waals surface area contributed by atoms with Crippen LogP contribution >= 0.6 is 0 Å². The van der Waals surface area contributed by atoms with Gasteiger partial charge < -0.3 is 14.8 Å². The summed E-state index contributed by atoms with van der Waals surface area (Å²) >= 11 is 0. The van der Waals surface area contributed by atoms with Gasteiger partial charge in [0.2, 0.25) is 0 Å². The summed E-state index contributed by atoms with van der Waals surface area (Å²) < 4.78 is 10.8. The number of hydrogen-bond donors (Lipinski definition) is 1. The van der Waals surface area contributed by atoms with Gasteiger partial charge in [0.25, 0.3) is 0 Å².